The van der Waals surface area contributed by atoms with E-state index in [0.29, 0.717) is 5.56 Å². The van der Waals surface area contributed by atoms with E-state index < -0.39 is 17.6 Å². The third kappa shape index (κ3) is 6.23. The van der Waals surface area contributed by atoms with Crippen molar-refractivity contribution in [2.75, 3.05) is 5.32 Å². The number of hydrogen-bond donors (Lipinski definition) is 1. The van der Waals surface area contributed by atoms with E-state index in [0.717, 1.165) is 34.5 Å². The second kappa shape index (κ2) is 11.0. The molecule has 4 aromatic rings. The maximum Gasteiger partial charge on any atom is 0.416 e. The molecule has 0 fully saturated rings. The summed E-state index contributed by atoms with van der Waals surface area (Å²) >= 11 is 12.8. The van der Waals surface area contributed by atoms with E-state index in [9.17, 15) is 23.2 Å². The number of carbonyl (C=O) groups excluding carboxylic acids is 1. The Morgan fingerprint density at radius 3 is 2.35 bits per heavy atom. The zero-order valence-electron chi connectivity index (χ0n) is 18.9. The van der Waals surface area contributed by atoms with E-state index in [4.69, 9.17) is 27.9 Å². The quantitative estimate of drug-likeness (QED) is 0.197. The fourth-order valence-electron chi connectivity index (χ4n) is 3.66. The summed E-state index contributed by atoms with van der Waals surface area (Å²) in [7, 11) is 0. The lowest BCUT2D eigenvalue weighted by Crippen LogP contribution is -2.14. The molecule has 0 aliphatic heterocycles. The minimum atomic E-state index is -4.57. The van der Waals surface area contributed by atoms with Gasteiger partial charge >= 0.3 is 6.18 Å². The Bertz CT molecular complexity index is 1530. The van der Waals surface area contributed by atoms with E-state index in [1.807, 2.05) is 42.5 Å². The molecule has 4 aromatic carbocycles. The van der Waals surface area contributed by atoms with E-state index >= 15 is 0 Å². The lowest BCUT2D eigenvalue weighted by atomic mass is 10.1. The average molecular weight is 541 g/mol. The van der Waals surface area contributed by atoms with Crippen LogP contribution in [0.15, 0.2) is 84.4 Å². The highest BCUT2D eigenvalue weighted by molar-refractivity contribution is 6.37. The van der Waals surface area contributed by atoms with Crippen molar-refractivity contribution in [2.24, 2.45) is 0 Å². The van der Waals surface area contributed by atoms with Crippen molar-refractivity contribution >= 4 is 51.6 Å². The van der Waals surface area contributed by atoms with Crippen LogP contribution in [0.2, 0.25) is 10.0 Å². The van der Waals surface area contributed by atoms with E-state index in [-0.39, 0.29) is 33.7 Å². The van der Waals surface area contributed by atoms with E-state index in [1.54, 1.807) is 6.07 Å². The number of rotatable bonds is 6. The minimum absolute atomic E-state index is 0.103. The number of nitriles is 1. The number of nitrogens with one attached hydrogen (secondary N) is 1. The molecule has 0 saturated heterocycles. The van der Waals surface area contributed by atoms with Gasteiger partial charge in [-0.1, -0.05) is 71.7 Å². The van der Waals surface area contributed by atoms with Crippen LogP contribution in [0.1, 0.15) is 16.7 Å². The van der Waals surface area contributed by atoms with Gasteiger partial charge in [0.1, 0.15) is 18.2 Å². The largest absolute Gasteiger partial charge is 0.486 e. The Morgan fingerprint density at radius 1 is 0.973 bits per heavy atom. The van der Waals surface area contributed by atoms with Crippen LogP contribution in [0.3, 0.4) is 0 Å². The highest BCUT2D eigenvalue weighted by atomic mass is 35.5. The summed E-state index contributed by atoms with van der Waals surface area (Å²) in [5.74, 6) is -0.648. The summed E-state index contributed by atoms with van der Waals surface area (Å²) in [5.41, 5.74) is -0.107. The number of alkyl halides is 3. The van der Waals surface area contributed by atoms with Crippen molar-refractivity contribution in [3.63, 3.8) is 0 Å². The summed E-state index contributed by atoms with van der Waals surface area (Å²) in [6.45, 7) is 0.207. The van der Waals surface area contributed by atoms with Gasteiger partial charge in [-0.15, -0.1) is 0 Å². The zero-order valence-corrected chi connectivity index (χ0v) is 20.5. The Labute approximate surface area is 220 Å². The molecule has 0 radical (unpaired) electrons. The lowest BCUT2D eigenvalue weighted by molar-refractivity contribution is -0.137. The molecule has 1 amide bonds. The molecule has 0 aromatic heterocycles. The lowest BCUT2D eigenvalue weighted by Gasteiger charge is -2.13. The molecule has 0 aliphatic carbocycles. The highest BCUT2D eigenvalue weighted by Gasteiger charge is 2.30. The monoisotopic (exact) mass is 540 g/mol. The summed E-state index contributed by atoms with van der Waals surface area (Å²) in [4.78, 5) is 12.5. The summed E-state index contributed by atoms with van der Waals surface area (Å²) in [5, 5.41) is 14.2. The average Bonchev–Trinajstić information content (AvgIpc) is 2.86. The summed E-state index contributed by atoms with van der Waals surface area (Å²) in [6.07, 6.45) is -3.34. The van der Waals surface area contributed by atoms with Crippen LogP contribution in [0.4, 0.5) is 18.9 Å². The van der Waals surface area contributed by atoms with Crippen LogP contribution in [0, 0.1) is 11.3 Å². The Morgan fingerprint density at radius 2 is 1.65 bits per heavy atom. The van der Waals surface area contributed by atoms with Gasteiger partial charge in [0.15, 0.2) is 5.75 Å². The first-order valence-electron chi connectivity index (χ1n) is 10.8. The van der Waals surface area contributed by atoms with Gasteiger partial charge in [0.2, 0.25) is 0 Å². The number of nitrogens with zero attached hydrogens (tertiary/aromatic N) is 1. The summed E-state index contributed by atoms with van der Waals surface area (Å²) < 4.78 is 44.7. The molecule has 0 saturated carbocycles. The van der Waals surface area contributed by atoms with E-state index in [1.165, 1.54) is 24.3 Å². The topological polar surface area (TPSA) is 62.1 Å². The maximum atomic E-state index is 12.9. The van der Waals surface area contributed by atoms with Gasteiger partial charge in [0.05, 0.1) is 15.6 Å². The third-order valence-electron chi connectivity index (χ3n) is 5.40. The van der Waals surface area contributed by atoms with Gasteiger partial charge in [0, 0.05) is 5.69 Å². The van der Waals surface area contributed by atoms with Crippen LogP contribution in [0.25, 0.3) is 16.8 Å². The fourth-order valence-corrected chi connectivity index (χ4v) is 4.27. The van der Waals surface area contributed by atoms with Gasteiger partial charge in [-0.25, -0.2) is 0 Å². The smallest absolute Gasteiger partial charge is 0.416 e. The van der Waals surface area contributed by atoms with Crippen molar-refractivity contribution in [1.82, 2.24) is 0 Å². The number of anilines is 1. The second-order valence-corrected chi connectivity index (χ2v) is 8.76. The van der Waals surface area contributed by atoms with Crippen molar-refractivity contribution in [3.05, 3.63) is 111 Å². The van der Waals surface area contributed by atoms with Crippen LogP contribution in [-0.2, 0) is 17.6 Å². The van der Waals surface area contributed by atoms with Crippen LogP contribution >= 0.6 is 23.2 Å². The Balaban J connectivity index is 1.52. The fraction of sp³-hybridized carbons (Fsp3) is 0.0714. The zero-order chi connectivity index (χ0) is 26.6. The van der Waals surface area contributed by atoms with Crippen molar-refractivity contribution in [1.29, 1.82) is 5.26 Å². The van der Waals surface area contributed by atoms with Gasteiger partial charge < -0.3 is 10.1 Å². The SMILES string of the molecule is N#C/C(=C\c1cc(Cl)c(OCc2cccc3ccccc23)c(Cl)c1)C(=O)Nc1cccc(C(F)(F)F)c1. The first kappa shape index (κ1) is 26.1. The van der Waals surface area contributed by atoms with Gasteiger partial charge in [-0.2, -0.15) is 18.4 Å². The van der Waals surface area contributed by atoms with Crippen molar-refractivity contribution in [3.8, 4) is 11.8 Å². The standard InChI is InChI=1S/C28H17Cl2F3N2O2/c29-24-12-17(11-20(15-34)27(36)35-22-9-4-8-21(14-22)28(31,32)33)13-25(30)26(24)37-16-19-7-3-6-18-5-1-2-10-23(18)19/h1-14H,16H2,(H,35,36)/b20-11+. The number of benzene rings is 4. The Kier molecular flexibility index (Phi) is 7.72. The number of fused-ring (bicyclic) bond motifs is 1. The van der Waals surface area contributed by atoms with Crippen LogP contribution < -0.4 is 10.1 Å². The van der Waals surface area contributed by atoms with Gasteiger partial charge in [0.25, 0.3) is 5.91 Å². The molecule has 1 N–H and O–H groups in total. The molecule has 4 rings (SSSR count). The normalized spacial score (nSPS) is 11.7. The number of amides is 1. The molecular weight excluding hydrogens is 524 g/mol. The van der Waals surface area contributed by atoms with Crippen LogP contribution in [-0.4, -0.2) is 5.91 Å². The predicted molar refractivity (Wildman–Crippen MR) is 138 cm³/mol. The number of carbonyl (C=O) groups is 1. The molecule has 0 aliphatic rings. The first-order valence-corrected chi connectivity index (χ1v) is 11.6. The molecule has 0 bridgehead atoms. The number of hydrogen-bond acceptors (Lipinski definition) is 3. The maximum absolute atomic E-state index is 12.9. The molecular formula is C28H17Cl2F3N2O2. The predicted octanol–water partition coefficient (Wildman–Crippen LogP) is 8.29. The van der Waals surface area contributed by atoms with Crippen molar-refractivity contribution in [2.45, 2.75) is 12.8 Å². The third-order valence-corrected chi connectivity index (χ3v) is 5.96. The molecule has 0 heterocycles. The van der Waals surface area contributed by atoms with Gasteiger partial charge in [-0.05, 0) is 58.3 Å². The second-order valence-electron chi connectivity index (χ2n) is 7.94. The number of ether oxygens (including phenoxy) is 1. The van der Waals surface area contributed by atoms with Crippen LogP contribution in [0.5, 0.6) is 5.75 Å². The highest BCUT2D eigenvalue weighted by Crippen LogP contribution is 2.36. The number of halogens is 5. The molecule has 4 nitrogen and oxygen atoms in total. The Hall–Kier alpha value is -3.99. The molecule has 9 heteroatoms. The first-order chi connectivity index (χ1) is 17.7. The summed E-state index contributed by atoms with van der Waals surface area (Å²) in [6, 6.07) is 22.5. The van der Waals surface area contributed by atoms with Crippen molar-refractivity contribution < 1.29 is 22.7 Å². The molecule has 0 unspecified atom stereocenters. The van der Waals surface area contributed by atoms with E-state index in [2.05, 4.69) is 5.32 Å². The molecule has 0 atom stereocenters. The molecule has 37 heavy (non-hydrogen) atoms. The molecule has 0 spiro atoms. The van der Waals surface area contributed by atoms with Gasteiger partial charge in [-0.3, -0.25) is 4.79 Å². The minimum Gasteiger partial charge on any atom is -0.486 e. The molecule has 186 valence electrons.